The summed E-state index contributed by atoms with van der Waals surface area (Å²) >= 11 is 0. The van der Waals surface area contributed by atoms with Crippen LogP contribution in [0.1, 0.15) is 39.0 Å². The molecule has 0 aliphatic heterocycles. The van der Waals surface area contributed by atoms with Crippen molar-refractivity contribution in [2.24, 2.45) is 17.6 Å². The Morgan fingerprint density at radius 1 is 1.43 bits per heavy atom. The predicted octanol–water partition coefficient (Wildman–Crippen LogP) is 1.73. The first-order chi connectivity index (χ1) is 6.79. The van der Waals surface area contributed by atoms with Crippen LogP contribution in [-0.2, 0) is 4.79 Å². The molecule has 2 N–H and O–H groups in total. The van der Waals surface area contributed by atoms with Crippen LogP contribution in [-0.4, -0.2) is 12.3 Å². The van der Waals surface area contributed by atoms with E-state index < -0.39 is 0 Å². The number of hydrogen-bond donors (Lipinski definition) is 1. The van der Waals surface area contributed by atoms with Crippen molar-refractivity contribution in [2.75, 3.05) is 6.54 Å². The van der Waals surface area contributed by atoms with Crippen LogP contribution in [0.5, 0.6) is 0 Å². The molecule has 0 heterocycles. The van der Waals surface area contributed by atoms with Gasteiger partial charge in [0.2, 0.25) is 0 Å². The van der Waals surface area contributed by atoms with Gasteiger partial charge in [-0.2, -0.15) is 0 Å². The third-order valence-corrected chi connectivity index (χ3v) is 3.06. The maximum absolute atomic E-state index is 11.8. The fourth-order valence-electron chi connectivity index (χ4n) is 2.22. The average molecular weight is 193 g/mol. The molecular weight excluding hydrogens is 174 g/mol. The number of carbonyl (C=O) groups excluding carboxylic acids is 1. The summed E-state index contributed by atoms with van der Waals surface area (Å²) in [7, 11) is 0. The normalized spacial score (nSPS) is 26.4. The second-order valence-electron chi connectivity index (χ2n) is 3.96. The molecule has 0 radical (unpaired) electrons. The first-order valence-corrected chi connectivity index (χ1v) is 5.42. The van der Waals surface area contributed by atoms with Gasteiger partial charge in [-0.1, -0.05) is 18.8 Å². The van der Waals surface area contributed by atoms with Crippen LogP contribution in [0.4, 0.5) is 0 Å². The summed E-state index contributed by atoms with van der Waals surface area (Å²) in [6.07, 6.45) is 4.95. The minimum atomic E-state index is 0.189. The zero-order valence-electron chi connectivity index (χ0n) is 8.88. The van der Waals surface area contributed by atoms with Gasteiger partial charge in [-0.15, -0.1) is 5.92 Å². The molecule has 0 aromatic heterocycles. The van der Waals surface area contributed by atoms with Gasteiger partial charge in [0.25, 0.3) is 0 Å². The number of hydrogen-bond acceptors (Lipinski definition) is 2. The van der Waals surface area contributed by atoms with Crippen molar-refractivity contribution in [1.29, 1.82) is 0 Å². The molecule has 1 aliphatic carbocycles. The van der Waals surface area contributed by atoms with Gasteiger partial charge in [-0.25, -0.2) is 0 Å². The average Bonchev–Trinajstić information content (AvgIpc) is 2.25. The van der Waals surface area contributed by atoms with Crippen LogP contribution in [0.3, 0.4) is 0 Å². The third-order valence-electron chi connectivity index (χ3n) is 3.06. The largest absolute Gasteiger partial charge is 0.330 e. The van der Waals surface area contributed by atoms with Gasteiger partial charge in [0, 0.05) is 5.92 Å². The lowest BCUT2D eigenvalue weighted by Gasteiger charge is -2.28. The van der Waals surface area contributed by atoms with Crippen LogP contribution >= 0.6 is 0 Å². The Bertz CT molecular complexity index is 249. The quantitative estimate of drug-likeness (QED) is 0.694. The van der Waals surface area contributed by atoms with Crippen molar-refractivity contribution in [3.05, 3.63) is 0 Å². The Kier molecular flexibility index (Phi) is 4.69. The number of nitrogens with two attached hydrogens (primary N) is 1. The zero-order valence-corrected chi connectivity index (χ0v) is 8.88. The standard InChI is InChI=1S/C12H19NO/c1-2-3-8-12(14)11-7-5-4-6-10(11)9-13/h10-11H,4-9,13H2,1H3. The minimum Gasteiger partial charge on any atom is -0.330 e. The van der Waals surface area contributed by atoms with E-state index in [-0.39, 0.29) is 5.92 Å². The van der Waals surface area contributed by atoms with E-state index in [1.54, 1.807) is 6.92 Å². The van der Waals surface area contributed by atoms with Crippen LogP contribution < -0.4 is 5.73 Å². The lowest BCUT2D eigenvalue weighted by Crippen LogP contribution is -2.32. The van der Waals surface area contributed by atoms with E-state index in [4.69, 9.17) is 5.73 Å². The molecule has 0 spiro atoms. The van der Waals surface area contributed by atoms with E-state index in [0.29, 0.717) is 24.7 Å². The summed E-state index contributed by atoms with van der Waals surface area (Å²) in [5.74, 6) is 6.52. The molecule has 1 fully saturated rings. The van der Waals surface area contributed by atoms with Gasteiger partial charge in [0.1, 0.15) is 5.78 Å². The molecule has 1 saturated carbocycles. The second-order valence-corrected chi connectivity index (χ2v) is 3.96. The van der Waals surface area contributed by atoms with E-state index in [2.05, 4.69) is 11.8 Å². The molecule has 2 unspecified atom stereocenters. The summed E-state index contributed by atoms with van der Waals surface area (Å²) in [5, 5.41) is 0. The fourth-order valence-corrected chi connectivity index (χ4v) is 2.22. The summed E-state index contributed by atoms with van der Waals surface area (Å²) in [6, 6.07) is 0. The lowest BCUT2D eigenvalue weighted by molar-refractivity contribution is -0.124. The van der Waals surface area contributed by atoms with Crippen LogP contribution in [0.15, 0.2) is 0 Å². The van der Waals surface area contributed by atoms with Crippen LogP contribution in [0, 0.1) is 23.7 Å². The highest BCUT2D eigenvalue weighted by atomic mass is 16.1. The topological polar surface area (TPSA) is 43.1 Å². The third kappa shape index (κ3) is 2.85. The molecule has 14 heavy (non-hydrogen) atoms. The van der Waals surface area contributed by atoms with Gasteiger partial charge in [0.15, 0.2) is 0 Å². The van der Waals surface area contributed by atoms with Crippen molar-refractivity contribution in [2.45, 2.75) is 39.0 Å². The van der Waals surface area contributed by atoms with Crippen LogP contribution in [0.25, 0.3) is 0 Å². The molecule has 0 saturated heterocycles. The van der Waals surface area contributed by atoms with Crippen molar-refractivity contribution in [3.63, 3.8) is 0 Å². The van der Waals surface area contributed by atoms with E-state index >= 15 is 0 Å². The smallest absolute Gasteiger partial charge is 0.148 e. The zero-order chi connectivity index (χ0) is 10.4. The maximum atomic E-state index is 11.8. The van der Waals surface area contributed by atoms with E-state index in [9.17, 15) is 4.79 Å². The second kappa shape index (κ2) is 5.82. The summed E-state index contributed by atoms with van der Waals surface area (Å²) in [5.41, 5.74) is 5.67. The first-order valence-electron chi connectivity index (χ1n) is 5.42. The molecule has 1 aliphatic rings. The van der Waals surface area contributed by atoms with E-state index in [1.807, 2.05) is 0 Å². The number of ketones is 1. The molecule has 2 heteroatoms. The summed E-state index contributed by atoms with van der Waals surface area (Å²) < 4.78 is 0. The highest BCUT2D eigenvalue weighted by molar-refractivity contribution is 5.83. The predicted molar refractivity (Wildman–Crippen MR) is 57.6 cm³/mol. The van der Waals surface area contributed by atoms with Crippen LogP contribution in [0.2, 0.25) is 0 Å². The van der Waals surface area contributed by atoms with Gasteiger partial charge in [-0.05, 0) is 32.2 Å². The highest BCUT2D eigenvalue weighted by Crippen LogP contribution is 2.30. The number of rotatable bonds is 3. The first kappa shape index (κ1) is 11.3. The fraction of sp³-hybridized carbons (Fsp3) is 0.750. The molecule has 2 atom stereocenters. The van der Waals surface area contributed by atoms with Crippen molar-refractivity contribution in [1.82, 2.24) is 0 Å². The van der Waals surface area contributed by atoms with Crippen molar-refractivity contribution in [3.8, 4) is 11.8 Å². The Balaban J connectivity index is 2.52. The van der Waals surface area contributed by atoms with Gasteiger partial charge in [-0.3, -0.25) is 4.79 Å². The van der Waals surface area contributed by atoms with E-state index in [0.717, 1.165) is 12.8 Å². The molecular formula is C12H19NO. The molecule has 1 rings (SSSR count). The molecule has 0 amide bonds. The van der Waals surface area contributed by atoms with Gasteiger partial charge >= 0.3 is 0 Å². The SMILES string of the molecule is CC#CCC(=O)C1CCCCC1CN. The summed E-state index contributed by atoms with van der Waals surface area (Å²) in [6.45, 7) is 2.42. The minimum absolute atomic E-state index is 0.189. The Hall–Kier alpha value is -0.810. The van der Waals surface area contributed by atoms with Gasteiger partial charge < -0.3 is 5.73 Å². The van der Waals surface area contributed by atoms with Crippen molar-refractivity contribution < 1.29 is 4.79 Å². The molecule has 0 aromatic rings. The molecule has 78 valence electrons. The Morgan fingerprint density at radius 2 is 2.14 bits per heavy atom. The van der Waals surface area contributed by atoms with Crippen molar-refractivity contribution >= 4 is 5.78 Å². The van der Waals surface area contributed by atoms with Gasteiger partial charge in [0.05, 0.1) is 6.42 Å². The maximum Gasteiger partial charge on any atom is 0.148 e. The number of Topliss-reactive ketones (excluding diaryl/α,β-unsaturated/α-hetero) is 1. The van der Waals surface area contributed by atoms with E-state index in [1.165, 1.54) is 12.8 Å². The summed E-state index contributed by atoms with van der Waals surface area (Å²) in [4.78, 5) is 11.8. The lowest BCUT2D eigenvalue weighted by atomic mass is 9.76. The molecule has 0 bridgehead atoms. The molecule has 2 nitrogen and oxygen atoms in total. The Labute approximate surface area is 86.2 Å². The Morgan fingerprint density at radius 3 is 2.79 bits per heavy atom. The molecule has 0 aromatic carbocycles. The number of carbonyl (C=O) groups is 1. The monoisotopic (exact) mass is 193 g/mol. The highest BCUT2D eigenvalue weighted by Gasteiger charge is 2.28.